The highest BCUT2D eigenvalue weighted by molar-refractivity contribution is 9.10. The summed E-state index contributed by atoms with van der Waals surface area (Å²) >= 11 is 3.22. The first kappa shape index (κ1) is 14.5. The summed E-state index contributed by atoms with van der Waals surface area (Å²) < 4.78 is 14.8. The molecule has 102 valence electrons. The minimum Gasteiger partial charge on any atom is -0.364 e. The molecule has 2 nitrogen and oxygen atoms in total. The highest BCUT2D eigenvalue weighted by Gasteiger charge is 2.29. The maximum atomic E-state index is 14.1. The van der Waals surface area contributed by atoms with Crippen molar-refractivity contribution in [3.05, 3.63) is 63.9 Å². The lowest BCUT2D eigenvalue weighted by Gasteiger charge is -2.26. The predicted octanol–water partition coefficient (Wildman–Crippen LogP) is 4.75. The van der Waals surface area contributed by atoms with Gasteiger partial charge in [0.1, 0.15) is 5.82 Å². The fraction of sp³-hybridized carbons (Fsp3) is 0.188. The highest BCUT2D eigenvalue weighted by Crippen LogP contribution is 2.30. The Morgan fingerprint density at radius 3 is 2.55 bits per heavy atom. The van der Waals surface area contributed by atoms with Gasteiger partial charge in [-0.05, 0) is 37.6 Å². The van der Waals surface area contributed by atoms with Gasteiger partial charge in [0.05, 0.1) is 6.07 Å². The average Bonchev–Trinajstić information content (AvgIpc) is 2.41. The first-order chi connectivity index (χ1) is 9.46. The fourth-order valence-corrected chi connectivity index (χ4v) is 2.37. The van der Waals surface area contributed by atoms with Gasteiger partial charge in [-0.2, -0.15) is 5.26 Å². The number of para-hydroxylation sites is 1. The van der Waals surface area contributed by atoms with Crippen molar-refractivity contribution in [1.82, 2.24) is 0 Å². The normalized spacial score (nSPS) is 13.3. The molecule has 4 heteroatoms. The lowest BCUT2D eigenvalue weighted by atomic mass is 9.92. The summed E-state index contributed by atoms with van der Waals surface area (Å²) in [5.74, 6) is -0.412. The van der Waals surface area contributed by atoms with E-state index in [4.69, 9.17) is 0 Å². The van der Waals surface area contributed by atoms with Crippen LogP contribution in [0.1, 0.15) is 18.1 Å². The van der Waals surface area contributed by atoms with Crippen molar-refractivity contribution in [1.29, 1.82) is 5.26 Å². The zero-order valence-corrected chi connectivity index (χ0v) is 12.8. The van der Waals surface area contributed by atoms with E-state index >= 15 is 0 Å². The summed E-state index contributed by atoms with van der Waals surface area (Å²) in [5, 5.41) is 12.6. The molecule has 2 aromatic carbocycles. The Morgan fingerprint density at radius 1 is 1.25 bits per heavy atom. The van der Waals surface area contributed by atoms with Gasteiger partial charge in [-0.15, -0.1) is 0 Å². The van der Waals surface area contributed by atoms with E-state index in [0.717, 1.165) is 11.3 Å². The van der Waals surface area contributed by atoms with Gasteiger partial charge < -0.3 is 5.32 Å². The first-order valence-corrected chi connectivity index (χ1v) is 6.96. The second-order valence-corrected chi connectivity index (χ2v) is 5.72. The number of nitrogens with one attached hydrogen (secondary N) is 1. The zero-order valence-electron chi connectivity index (χ0n) is 11.2. The lowest BCUT2D eigenvalue weighted by molar-refractivity contribution is 0.570. The SMILES string of the molecule is Cc1ccccc1NC(C)(C#N)c1ccc(Br)cc1F. The fourth-order valence-electron chi connectivity index (χ4n) is 2.03. The summed E-state index contributed by atoms with van der Waals surface area (Å²) in [6, 6.07) is 14.5. The molecule has 1 N–H and O–H groups in total. The van der Waals surface area contributed by atoms with Gasteiger partial charge in [0, 0.05) is 15.7 Å². The Balaban J connectivity index is 2.44. The average molecular weight is 333 g/mol. The van der Waals surface area contributed by atoms with Gasteiger partial charge in [-0.3, -0.25) is 0 Å². The van der Waals surface area contributed by atoms with Crippen molar-refractivity contribution in [3.8, 4) is 6.07 Å². The smallest absolute Gasteiger partial charge is 0.151 e. The zero-order chi connectivity index (χ0) is 14.8. The molecule has 1 atom stereocenters. The van der Waals surface area contributed by atoms with E-state index in [1.54, 1.807) is 19.1 Å². The maximum absolute atomic E-state index is 14.1. The number of halogens is 2. The molecule has 2 aromatic rings. The molecule has 0 aliphatic carbocycles. The molecule has 0 bridgehead atoms. The van der Waals surface area contributed by atoms with Crippen LogP contribution in [0, 0.1) is 24.1 Å². The van der Waals surface area contributed by atoms with Crippen LogP contribution in [0.3, 0.4) is 0 Å². The van der Waals surface area contributed by atoms with Crippen molar-refractivity contribution in [2.24, 2.45) is 0 Å². The summed E-state index contributed by atoms with van der Waals surface area (Å²) in [7, 11) is 0. The highest BCUT2D eigenvalue weighted by atomic mass is 79.9. The Morgan fingerprint density at radius 2 is 1.95 bits per heavy atom. The number of anilines is 1. The van der Waals surface area contributed by atoms with Crippen molar-refractivity contribution in [2.45, 2.75) is 19.4 Å². The quantitative estimate of drug-likeness (QED) is 0.880. The van der Waals surface area contributed by atoms with E-state index < -0.39 is 11.4 Å². The Bertz CT molecular complexity index is 678. The minimum absolute atomic E-state index is 0.325. The van der Waals surface area contributed by atoms with Crippen LogP contribution >= 0.6 is 15.9 Å². The molecule has 0 aromatic heterocycles. The third-order valence-electron chi connectivity index (χ3n) is 3.22. The van der Waals surface area contributed by atoms with Gasteiger partial charge in [0.15, 0.2) is 5.54 Å². The van der Waals surface area contributed by atoms with Crippen molar-refractivity contribution in [3.63, 3.8) is 0 Å². The maximum Gasteiger partial charge on any atom is 0.151 e. The predicted molar refractivity (Wildman–Crippen MR) is 81.9 cm³/mol. The molecule has 0 aliphatic rings. The molecule has 2 rings (SSSR count). The van der Waals surface area contributed by atoms with Crippen LogP contribution in [0.4, 0.5) is 10.1 Å². The van der Waals surface area contributed by atoms with Crippen LogP contribution in [-0.4, -0.2) is 0 Å². The molecular weight excluding hydrogens is 319 g/mol. The molecule has 0 heterocycles. The van der Waals surface area contributed by atoms with E-state index in [9.17, 15) is 9.65 Å². The van der Waals surface area contributed by atoms with E-state index in [2.05, 4.69) is 27.3 Å². The van der Waals surface area contributed by atoms with Crippen molar-refractivity contribution in [2.75, 3.05) is 5.32 Å². The first-order valence-electron chi connectivity index (χ1n) is 6.17. The summed E-state index contributed by atoms with van der Waals surface area (Å²) in [5.41, 5.74) is 1.02. The second-order valence-electron chi connectivity index (χ2n) is 4.80. The standard InChI is InChI=1S/C16H14BrFN2/c1-11-5-3-4-6-15(11)20-16(2,10-19)13-8-7-12(17)9-14(13)18/h3-9,20H,1-2H3. The second kappa shape index (κ2) is 5.64. The Kier molecular flexibility index (Phi) is 4.10. The number of aryl methyl sites for hydroxylation is 1. The minimum atomic E-state index is -1.13. The molecule has 20 heavy (non-hydrogen) atoms. The number of benzene rings is 2. The number of nitriles is 1. The van der Waals surface area contributed by atoms with E-state index in [1.807, 2.05) is 31.2 Å². The summed E-state index contributed by atoms with van der Waals surface area (Å²) in [6.45, 7) is 3.61. The van der Waals surface area contributed by atoms with Crippen LogP contribution in [0.15, 0.2) is 46.9 Å². The summed E-state index contributed by atoms with van der Waals surface area (Å²) in [6.07, 6.45) is 0. The van der Waals surface area contributed by atoms with E-state index in [1.165, 1.54) is 6.07 Å². The molecule has 0 spiro atoms. The summed E-state index contributed by atoms with van der Waals surface area (Å²) in [4.78, 5) is 0. The van der Waals surface area contributed by atoms with E-state index in [-0.39, 0.29) is 0 Å². The van der Waals surface area contributed by atoms with Gasteiger partial charge in [-0.1, -0.05) is 40.2 Å². The monoisotopic (exact) mass is 332 g/mol. The van der Waals surface area contributed by atoms with Crippen LogP contribution < -0.4 is 5.32 Å². The van der Waals surface area contributed by atoms with Gasteiger partial charge in [0.2, 0.25) is 0 Å². The topological polar surface area (TPSA) is 35.8 Å². The van der Waals surface area contributed by atoms with Crippen LogP contribution in [0.2, 0.25) is 0 Å². The number of nitrogens with zero attached hydrogens (tertiary/aromatic N) is 1. The van der Waals surface area contributed by atoms with Gasteiger partial charge in [-0.25, -0.2) is 4.39 Å². The molecule has 0 fully saturated rings. The van der Waals surface area contributed by atoms with Crippen LogP contribution in [-0.2, 0) is 5.54 Å². The Labute approximate surface area is 126 Å². The lowest BCUT2D eigenvalue weighted by Crippen LogP contribution is -2.31. The van der Waals surface area contributed by atoms with Crippen molar-refractivity contribution < 1.29 is 4.39 Å². The number of rotatable bonds is 3. The largest absolute Gasteiger partial charge is 0.364 e. The van der Waals surface area contributed by atoms with Crippen LogP contribution in [0.5, 0.6) is 0 Å². The third kappa shape index (κ3) is 2.83. The van der Waals surface area contributed by atoms with Crippen LogP contribution in [0.25, 0.3) is 0 Å². The Hall–Kier alpha value is -1.86. The molecular formula is C16H14BrFN2. The number of hydrogen-bond acceptors (Lipinski definition) is 2. The molecule has 0 saturated carbocycles. The number of hydrogen-bond donors (Lipinski definition) is 1. The third-order valence-corrected chi connectivity index (χ3v) is 3.72. The molecule has 0 radical (unpaired) electrons. The molecule has 0 amide bonds. The van der Waals surface area contributed by atoms with Gasteiger partial charge in [0.25, 0.3) is 0 Å². The molecule has 1 unspecified atom stereocenters. The van der Waals surface area contributed by atoms with Crippen molar-refractivity contribution >= 4 is 21.6 Å². The van der Waals surface area contributed by atoms with E-state index in [0.29, 0.717) is 10.0 Å². The van der Waals surface area contributed by atoms with Gasteiger partial charge >= 0.3 is 0 Å². The molecule has 0 aliphatic heterocycles. The molecule has 0 saturated heterocycles.